The van der Waals surface area contributed by atoms with Crippen LogP contribution in [0.1, 0.15) is 5.56 Å². The summed E-state index contributed by atoms with van der Waals surface area (Å²) in [7, 11) is 0. The standard InChI is InChI=1S/C13H12N4S/c1-8-2-4-9(5-3-8)10-6-15-13(17-10)11-12(14)18-7-16-11/h2-7H,14H2,1H3,(H,15,17). The van der Waals surface area contributed by atoms with E-state index in [0.29, 0.717) is 10.8 Å². The summed E-state index contributed by atoms with van der Waals surface area (Å²) in [5.41, 5.74) is 11.6. The number of thiazole rings is 1. The number of rotatable bonds is 2. The molecule has 0 aliphatic rings. The highest BCUT2D eigenvalue weighted by atomic mass is 32.1. The lowest BCUT2D eigenvalue weighted by molar-refractivity contribution is 1.26. The lowest BCUT2D eigenvalue weighted by Crippen LogP contribution is -1.87. The van der Waals surface area contributed by atoms with Crippen LogP contribution in [0.3, 0.4) is 0 Å². The van der Waals surface area contributed by atoms with Crippen molar-refractivity contribution in [2.24, 2.45) is 0 Å². The number of nitrogens with two attached hydrogens (primary N) is 1. The van der Waals surface area contributed by atoms with Gasteiger partial charge in [0.15, 0.2) is 5.82 Å². The van der Waals surface area contributed by atoms with Crippen molar-refractivity contribution in [2.75, 3.05) is 5.73 Å². The summed E-state index contributed by atoms with van der Waals surface area (Å²) in [5, 5.41) is 0.680. The van der Waals surface area contributed by atoms with E-state index in [2.05, 4.69) is 46.1 Å². The summed E-state index contributed by atoms with van der Waals surface area (Å²) in [4.78, 5) is 11.8. The first-order valence-corrected chi connectivity index (χ1v) is 6.43. The van der Waals surface area contributed by atoms with Crippen molar-refractivity contribution in [2.45, 2.75) is 6.92 Å². The number of benzene rings is 1. The first kappa shape index (κ1) is 11.0. The molecule has 90 valence electrons. The maximum absolute atomic E-state index is 5.84. The van der Waals surface area contributed by atoms with Gasteiger partial charge in [0, 0.05) is 0 Å². The van der Waals surface area contributed by atoms with Gasteiger partial charge in [0.05, 0.1) is 17.4 Å². The number of aryl methyl sites for hydroxylation is 1. The number of nitrogens with one attached hydrogen (secondary N) is 1. The quantitative estimate of drug-likeness (QED) is 0.740. The average Bonchev–Trinajstić information content (AvgIpc) is 2.98. The van der Waals surface area contributed by atoms with Crippen LogP contribution in [0, 0.1) is 6.92 Å². The molecular weight excluding hydrogens is 244 g/mol. The summed E-state index contributed by atoms with van der Waals surface area (Å²) >= 11 is 1.41. The molecule has 0 saturated heterocycles. The summed E-state index contributed by atoms with van der Waals surface area (Å²) in [6, 6.07) is 8.29. The third-order valence-corrected chi connectivity index (χ3v) is 3.42. The zero-order chi connectivity index (χ0) is 12.5. The molecule has 18 heavy (non-hydrogen) atoms. The molecule has 0 radical (unpaired) electrons. The van der Waals surface area contributed by atoms with Crippen molar-refractivity contribution in [3.05, 3.63) is 41.5 Å². The number of imidazole rings is 1. The molecule has 3 rings (SSSR count). The van der Waals surface area contributed by atoms with E-state index < -0.39 is 0 Å². The van der Waals surface area contributed by atoms with Gasteiger partial charge in [-0.1, -0.05) is 29.8 Å². The van der Waals surface area contributed by atoms with Crippen molar-refractivity contribution >= 4 is 16.3 Å². The average molecular weight is 256 g/mol. The summed E-state index contributed by atoms with van der Waals surface area (Å²) in [5.74, 6) is 0.712. The van der Waals surface area contributed by atoms with Crippen LogP contribution >= 0.6 is 11.3 Å². The number of aromatic nitrogens is 3. The number of H-pyrrole nitrogens is 1. The van der Waals surface area contributed by atoms with E-state index in [1.807, 2.05) is 0 Å². The van der Waals surface area contributed by atoms with E-state index in [4.69, 9.17) is 5.73 Å². The number of nitrogen functional groups attached to an aromatic ring is 1. The van der Waals surface area contributed by atoms with E-state index in [1.165, 1.54) is 16.9 Å². The Kier molecular flexibility index (Phi) is 2.60. The molecule has 0 aliphatic carbocycles. The van der Waals surface area contributed by atoms with Crippen molar-refractivity contribution in [1.82, 2.24) is 15.0 Å². The predicted molar refractivity (Wildman–Crippen MR) is 74.3 cm³/mol. The highest BCUT2D eigenvalue weighted by molar-refractivity contribution is 7.14. The Morgan fingerprint density at radius 3 is 2.61 bits per heavy atom. The van der Waals surface area contributed by atoms with Crippen LogP contribution in [0.15, 0.2) is 36.0 Å². The topological polar surface area (TPSA) is 67.6 Å². The maximum Gasteiger partial charge on any atom is 0.159 e. The van der Waals surface area contributed by atoms with Crippen LogP contribution in [0.5, 0.6) is 0 Å². The summed E-state index contributed by atoms with van der Waals surface area (Å²) < 4.78 is 0. The molecular formula is C13H12N4S. The molecule has 5 heteroatoms. The molecule has 0 bridgehead atoms. The molecule has 0 fully saturated rings. The van der Waals surface area contributed by atoms with Gasteiger partial charge >= 0.3 is 0 Å². The molecule has 0 atom stereocenters. The molecule has 0 unspecified atom stereocenters. The lowest BCUT2D eigenvalue weighted by Gasteiger charge is -1.98. The molecule has 3 aromatic rings. The number of hydrogen-bond donors (Lipinski definition) is 2. The molecule has 0 spiro atoms. The first-order valence-electron chi connectivity index (χ1n) is 5.55. The highest BCUT2D eigenvalue weighted by Gasteiger charge is 2.10. The van der Waals surface area contributed by atoms with Crippen molar-refractivity contribution < 1.29 is 0 Å². The van der Waals surface area contributed by atoms with Gasteiger partial charge in [-0.25, -0.2) is 9.97 Å². The van der Waals surface area contributed by atoms with Crippen LogP contribution in [-0.4, -0.2) is 15.0 Å². The molecule has 4 nitrogen and oxygen atoms in total. The van der Waals surface area contributed by atoms with Crippen LogP contribution in [0.4, 0.5) is 5.00 Å². The molecule has 0 saturated carbocycles. The maximum atomic E-state index is 5.84. The van der Waals surface area contributed by atoms with E-state index in [0.717, 1.165) is 17.0 Å². The van der Waals surface area contributed by atoms with Crippen molar-refractivity contribution in [1.29, 1.82) is 0 Å². The fraction of sp³-hybridized carbons (Fsp3) is 0.0769. The van der Waals surface area contributed by atoms with Crippen LogP contribution in [0.2, 0.25) is 0 Å². The largest absolute Gasteiger partial charge is 0.389 e. The number of anilines is 1. The number of hydrogen-bond acceptors (Lipinski definition) is 4. The van der Waals surface area contributed by atoms with Gasteiger partial charge in [0.2, 0.25) is 0 Å². The first-order chi connectivity index (χ1) is 8.74. The van der Waals surface area contributed by atoms with E-state index in [-0.39, 0.29) is 0 Å². The Morgan fingerprint density at radius 1 is 1.17 bits per heavy atom. The Labute approximate surface area is 109 Å². The van der Waals surface area contributed by atoms with Gasteiger partial charge in [-0.15, -0.1) is 11.3 Å². The van der Waals surface area contributed by atoms with Gasteiger partial charge in [-0.05, 0) is 12.5 Å². The Hall–Kier alpha value is -2.14. The molecule has 3 N–H and O–H groups in total. The smallest absolute Gasteiger partial charge is 0.159 e. The van der Waals surface area contributed by atoms with Gasteiger partial charge < -0.3 is 10.7 Å². The van der Waals surface area contributed by atoms with Crippen LogP contribution in [-0.2, 0) is 0 Å². The molecule has 0 amide bonds. The van der Waals surface area contributed by atoms with Crippen LogP contribution < -0.4 is 5.73 Å². The molecule has 1 aromatic carbocycles. The monoisotopic (exact) mass is 256 g/mol. The highest BCUT2D eigenvalue weighted by Crippen LogP contribution is 2.27. The zero-order valence-electron chi connectivity index (χ0n) is 9.84. The third-order valence-electron chi connectivity index (χ3n) is 2.76. The van der Waals surface area contributed by atoms with E-state index in [1.54, 1.807) is 11.7 Å². The normalized spacial score (nSPS) is 10.7. The molecule has 2 heterocycles. The second-order valence-electron chi connectivity index (χ2n) is 4.08. The zero-order valence-corrected chi connectivity index (χ0v) is 10.7. The van der Waals surface area contributed by atoms with Crippen LogP contribution in [0.25, 0.3) is 22.8 Å². The SMILES string of the molecule is Cc1ccc(-c2cnc(-c3ncsc3N)[nH]2)cc1. The second-order valence-corrected chi connectivity index (χ2v) is 4.96. The van der Waals surface area contributed by atoms with Gasteiger partial charge in [0.25, 0.3) is 0 Å². The molecule has 2 aromatic heterocycles. The third kappa shape index (κ3) is 1.89. The minimum atomic E-state index is 0.680. The van der Waals surface area contributed by atoms with Crippen molar-refractivity contribution in [3.63, 3.8) is 0 Å². The van der Waals surface area contributed by atoms with Crippen molar-refractivity contribution in [3.8, 4) is 22.8 Å². The predicted octanol–water partition coefficient (Wildman–Crippen LogP) is 3.09. The Bertz CT molecular complexity index is 666. The van der Waals surface area contributed by atoms with E-state index in [9.17, 15) is 0 Å². The Balaban J connectivity index is 1.99. The van der Waals surface area contributed by atoms with Gasteiger partial charge in [-0.3, -0.25) is 0 Å². The second kappa shape index (κ2) is 4.27. The summed E-state index contributed by atoms with van der Waals surface area (Å²) in [6.07, 6.45) is 1.80. The number of nitrogens with zero attached hydrogens (tertiary/aromatic N) is 2. The lowest BCUT2D eigenvalue weighted by atomic mass is 10.1. The number of aromatic amines is 1. The van der Waals surface area contributed by atoms with Gasteiger partial charge in [-0.2, -0.15) is 0 Å². The minimum Gasteiger partial charge on any atom is -0.389 e. The summed E-state index contributed by atoms with van der Waals surface area (Å²) in [6.45, 7) is 2.07. The minimum absolute atomic E-state index is 0.680. The van der Waals surface area contributed by atoms with Gasteiger partial charge in [0.1, 0.15) is 10.7 Å². The fourth-order valence-electron chi connectivity index (χ4n) is 1.75. The van der Waals surface area contributed by atoms with E-state index >= 15 is 0 Å². The molecule has 0 aliphatic heterocycles. The Morgan fingerprint density at radius 2 is 1.94 bits per heavy atom. The fourth-order valence-corrected chi connectivity index (χ4v) is 2.29.